The smallest absolute Gasteiger partial charge is 0.407 e. The Morgan fingerprint density at radius 3 is 2.60 bits per heavy atom. The SMILES string of the molecule is CC(=O)CCCCOc1ccc(Nc2ncc3nnn(-c4cnn(CCCNC(=O)OC(C)(C)C)c4)c3n2)cc1. The minimum absolute atomic E-state index is 0.200. The molecule has 0 fully saturated rings. The third kappa shape index (κ3) is 8.48. The van der Waals surface area contributed by atoms with Gasteiger partial charge in [-0.25, -0.2) is 9.78 Å². The molecule has 4 aromatic rings. The van der Waals surface area contributed by atoms with E-state index in [1.165, 1.54) is 0 Å². The third-order valence-corrected chi connectivity index (χ3v) is 5.59. The summed E-state index contributed by atoms with van der Waals surface area (Å²) in [5.74, 6) is 1.35. The molecule has 4 rings (SSSR count). The molecule has 0 radical (unpaired) electrons. The number of nitrogens with one attached hydrogen (secondary N) is 2. The van der Waals surface area contributed by atoms with Crippen LogP contribution >= 0.6 is 0 Å². The van der Waals surface area contributed by atoms with Crippen LogP contribution in [0.25, 0.3) is 16.9 Å². The number of nitrogens with zero attached hydrogens (tertiary/aromatic N) is 7. The van der Waals surface area contributed by atoms with Gasteiger partial charge in [0.15, 0.2) is 11.2 Å². The summed E-state index contributed by atoms with van der Waals surface area (Å²) in [6, 6.07) is 7.51. The van der Waals surface area contributed by atoms with Gasteiger partial charge in [0.05, 0.1) is 25.2 Å². The van der Waals surface area contributed by atoms with Crippen molar-refractivity contribution in [2.75, 3.05) is 18.5 Å². The fourth-order valence-corrected chi connectivity index (χ4v) is 3.72. The molecule has 1 aromatic carbocycles. The van der Waals surface area contributed by atoms with E-state index in [1.54, 1.807) is 28.7 Å². The molecule has 1 amide bonds. The lowest BCUT2D eigenvalue weighted by Crippen LogP contribution is -2.33. The van der Waals surface area contributed by atoms with Crippen molar-refractivity contribution in [1.82, 2.24) is 40.1 Å². The van der Waals surface area contributed by atoms with Crippen molar-refractivity contribution < 1.29 is 19.1 Å². The molecule has 0 saturated carbocycles. The van der Waals surface area contributed by atoms with E-state index in [-0.39, 0.29) is 5.78 Å². The molecule has 2 N–H and O–H groups in total. The molecule has 0 spiro atoms. The van der Waals surface area contributed by atoms with Crippen LogP contribution in [0.5, 0.6) is 5.75 Å². The van der Waals surface area contributed by atoms with E-state index >= 15 is 0 Å². The minimum atomic E-state index is -0.529. The van der Waals surface area contributed by atoms with Gasteiger partial charge in [0.25, 0.3) is 0 Å². The monoisotopic (exact) mass is 549 g/mol. The lowest BCUT2D eigenvalue weighted by Gasteiger charge is -2.19. The Balaban J connectivity index is 1.31. The molecule has 0 bridgehead atoms. The van der Waals surface area contributed by atoms with Crippen LogP contribution in [0.1, 0.15) is 53.4 Å². The van der Waals surface area contributed by atoms with Crippen LogP contribution in [0.15, 0.2) is 42.9 Å². The maximum Gasteiger partial charge on any atom is 0.407 e. The van der Waals surface area contributed by atoms with Gasteiger partial charge in [-0.3, -0.25) is 4.68 Å². The van der Waals surface area contributed by atoms with E-state index in [0.29, 0.717) is 55.3 Å². The normalized spacial score (nSPS) is 11.4. The van der Waals surface area contributed by atoms with Gasteiger partial charge in [-0.1, -0.05) is 5.21 Å². The number of Topliss-reactive ketones (excluding diaryl/α,β-unsaturated/α-hetero) is 1. The topological polar surface area (TPSA) is 151 Å². The van der Waals surface area contributed by atoms with Gasteiger partial charge >= 0.3 is 6.09 Å². The standard InChI is InChI=1S/C27H35N9O4/c1-19(37)8-5-6-15-39-22-11-9-20(10-12-22)31-25-29-17-23-24(32-25)36(34-33-23)21-16-30-35(18-21)14-7-13-28-26(38)40-27(2,3)4/h9-12,16-18H,5-8,13-15H2,1-4H3,(H,28,38)(H,29,31,32). The number of ketones is 1. The summed E-state index contributed by atoms with van der Waals surface area (Å²) >= 11 is 0. The first-order valence-electron chi connectivity index (χ1n) is 13.2. The summed E-state index contributed by atoms with van der Waals surface area (Å²) in [7, 11) is 0. The number of carbonyl (C=O) groups is 2. The summed E-state index contributed by atoms with van der Waals surface area (Å²) in [5.41, 5.74) is 2.06. The van der Waals surface area contributed by atoms with E-state index in [9.17, 15) is 9.59 Å². The van der Waals surface area contributed by atoms with Crippen molar-refractivity contribution in [3.8, 4) is 11.4 Å². The van der Waals surface area contributed by atoms with Crippen molar-refractivity contribution in [2.24, 2.45) is 0 Å². The number of hydrogen-bond acceptors (Lipinski definition) is 10. The van der Waals surface area contributed by atoms with Crippen molar-refractivity contribution in [1.29, 1.82) is 0 Å². The van der Waals surface area contributed by atoms with Gasteiger partial charge in [0, 0.05) is 25.2 Å². The molecular weight excluding hydrogens is 514 g/mol. The van der Waals surface area contributed by atoms with Crippen LogP contribution in [-0.4, -0.2) is 65.4 Å². The number of anilines is 2. The van der Waals surface area contributed by atoms with Crippen LogP contribution in [0.4, 0.5) is 16.4 Å². The first-order valence-corrected chi connectivity index (χ1v) is 13.2. The quantitative estimate of drug-likeness (QED) is 0.232. The molecule has 212 valence electrons. The molecule has 13 nitrogen and oxygen atoms in total. The second kappa shape index (κ2) is 13.0. The summed E-state index contributed by atoms with van der Waals surface area (Å²) < 4.78 is 14.4. The van der Waals surface area contributed by atoms with Gasteiger partial charge in [-0.2, -0.15) is 14.8 Å². The van der Waals surface area contributed by atoms with Crippen molar-refractivity contribution in [2.45, 2.75) is 65.5 Å². The molecule has 40 heavy (non-hydrogen) atoms. The number of benzene rings is 1. The van der Waals surface area contributed by atoms with Gasteiger partial charge in [0.1, 0.15) is 22.8 Å². The van der Waals surface area contributed by atoms with Crippen molar-refractivity contribution in [3.05, 3.63) is 42.9 Å². The fraction of sp³-hybridized carbons (Fsp3) is 0.444. The molecule has 3 heterocycles. The zero-order valence-electron chi connectivity index (χ0n) is 23.3. The fourth-order valence-electron chi connectivity index (χ4n) is 3.72. The van der Waals surface area contributed by atoms with Gasteiger partial charge in [0.2, 0.25) is 5.95 Å². The highest BCUT2D eigenvalue weighted by atomic mass is 16.6. The molecule has 0 unspecified atom stereocenters. The highest BCUT2D eigenvalue weighted by Gasteiger charge is 2.16. The molecule has 3 aromatic heterocycles. The molecular formula is C27H35N9O4. The first-order chi connectivity index (χ1) is 19.2. The number of rotatable bonds is 13. The molecule has 0 saturated heterocycles. The Labute approximate surface area is 232 Å². The number of unbranched alkanes of at least 4 members (excludes halogenated alkanes) is 1. The number of carbonyl (C=O) groups excluding carboxylic acids is 2. The molecule has 0 atom stereocenters. The summed E-state index contributed by atoms with van der Waals surface area (Å²) in [4.78, 5) is 31.8. The maximum atomic E-state index is 11.8. The number of amides is 1. The lowest BCUT2D eigenvalue weighted by molar-refractivity contribution is -0.117. The largest absolute Gasteiger partial charge is 0.494 e. The van der Waals surface area contributed by atoms with Crippen LogP contribution in [0.2, 0.25) is 0 Å². The van der Waals surface area contributed by atoms with E-state index in [4.69, 9.17) is 9.47 Å². The Morgan fingerprint density at radius 1 is 1.05 bits per heavy atom. The van der Waals surface area contributed by atoms with Crippen LogP contribution in [0, 0.1) is 0 Å². The number of aryl methyl sites for hydroxylation is 1. The summed E-state index contributed by atoms with van der Waals surface area (Å²) in [5, 5.41) is 18.7. The Morgan fingerprint density at radius 2 is 1.85 bits per heavy atom. The number of hydrogen-bond donors (Lipinski definition) is 2. The van der Waals surface area contributed by atoms with E-state index in [1.807, 2.05) is 51.2 Å². The Kier molecular flexibility index (Phi) is 9.25. The van der Waals surface area contributed by atoms with Crippen LogP contribution < -0.4 is 15.4 Å². The molecule has 13 heteroatoms. The zero-order valence-corrected chi connectivity index (χ0v) is 23.3. The summed E-state index contributed by atoms with van der Waals surface area (Å²) in [6.07, 6.45) is 7.63. The van der Waals surface area contributed by atoms with Crippen LogP contribution in [0.3, 0.4) is 0 Å². The minimum Gasteiger partial charge on any atom is -0.494 e. The highest BCUT2D eigenvalue weighted by Crippen LogP contribution is 2.20. The lowest BCUT2D eigenvalue weighted by atomic mass is 10.2. The predicted molar refractivity (Wildman–Crippen MR) is 149 cm³/mol. The second-order valence-electron chi connectivity index (χ2n) is 10.3. The molecule has 0 aliphatic heterocycles. The van der Waals surface area contributed by atoms with Crippen molar-refractivity contribution >= 4 is 34.7 Å². The average Bonchev–Trinajstić information content (AvgIpc) is 3.53. The Bertz CT molecular complexity index is 1420. The van der Waals surface area contributed by atoms with E-state index < -0.39 is 11.7 Å². The maximum absolute atomic E-state index is 11.8. The zero-order chi connectivity index (χ0) is 28.5. The van der Waals surface area contributed by atoms with Gasteiger partial charge in [-0.15, -0.1) is 5.10 Å². The van der Waals surface area contributed by atoms with E-state index in [0.717, 1.165) is 24.3 Å². The van der Waals surface area contributed by atoms with Gasteiger partial charge in [-0.05, 0) is 71.2 Å². The second-order valence-corrected chi connectivity index (χ2v) is 10.3. The number of aromatic nitrogens is 7. The number of ether oxygens (including phenoxy) is 2. The van der Waals surface area contributed by atoms with Gasteiger partial charge < -0.3 is 24.9 Å². The Hall–Kier alpha value is -4.55. The van der Waals surface area contributed by atoms with Crippen LogP contribution in [-0.2, 0) is 16.1 Å². The molecule has 0 aliphatic carbocycles. The van der Waals surface area contributed by atoms with Crippen molar-refractivity contribution in [3.63, 3.8) is 0 Å². The average molecular weight is 550 g/mol. The first kappa shape index (κ1) is 28.5. The third-order valence-electron chi connectivity index (χ3n) is 5.59. The number of alkyl carbamates (subject to hydrolysis) is 1. The number of fused-ring (bicyclic) bond motifs is 1. The predicted octanol–water partition coefficient (Wildman–Crippen LogP) is 4.20. The summed E-state index contributed by atoms with van der Waals surface area (Å²) in [6.45, 7) is 8.71. The highest BCUT2D eigenvalue weighted by molar-refractivity contribution is 5.75. The van der Waals surface area contributed by atoms with E-state index in [2.05, 4.69) is 36.0 Å². The molecule has 0 aliphatic rings.